The third-order valence-corrected chi connectivity index (χ3v) is 5.21. The Labute approximate surface area is 138 Å². The van der Waals surface area contributed by atoms with Crippen molar-refractivity contribution >= 4 is 11.8 Å². The van der Waals surface area contributed by atoms with Gasteiger partial charge in [-0.1, -0.05) is 19.3 Å². The summed E-state index contributed by atoms with van der Waals surface area (Å²) in [6.07, 6.45) is 6.92. The number of aromatic nitrogens is 1. The predicted octanol–water partition coefficient (Wildman–Crippen LogP) is 2.63. The van der Waals surface area contributed by atoms with Gasteiger partial charge in [0.1, 0.15) is 5.82 Å². The van der Waals surface area contributed by atoms with E-state index in [-0.39, 0.29) is 5.97 Å². The number of aryl methyl sites for hydroxylation is 1. The molecule has 0 aromatic carbocycles. The molecule has 0 amide bonds. The van der Waals surface area contributed by atoms with E-state index in [4.69, 9.17) is 4.74 Å². The lowest BCUT2D eigenvalue weighted by Gasteiger charge is -2.41. The SMILES string of the molecule is COC(=O)c1ccc(N2CCN(C3CCCCC3)CC2)nc1C. The lowest BCUT2D eigenvalue weighted by Crippen LogP contribution is -2.51. The molecule has 5 nitrogen and oxygen atoms in total. The number of esters is 1. The second-order valence-electron chi connectivity index (χ2n) is 6.61. The Morgan fingerprint density at radius 3 is 2.43 bits per heavy atom. The van der Waals surface area contributed by atoms with Crippen molar-refractivity contribution < 1.29 is 9.53 Å². The van der Waals surface area contributed by atoms with Crippen molar-refractivity contribution in [2.45, 2.75) is 45.1 Å². The van der Waals surface area contributed by atoms with Crippen LogP contribution in [0.2, 0.25) is 0 Å². The average molecular weight is 317 g/mol. The average Bonchev–Trinajstić information content (AvgIpc) is 2.62. The van der Waals surface area contributed by atoms with E-state index >= 15 is 0 Å². The summed E-state index contributed by atoms with van der Waals surface area (Å²) in [5.74, 6) is 0.655. The molecule has 1 aliphatic heterocycles. The first kappa shape index (κ1) is 16.2. The lowest BCUT2D eigenvalue weighted by molar-refractivity contribution is 0.0599. The number of hydrogen-bond acceptors (Lipinski definition) is 5. The molecule has 0 unspecified atom stereocenters. The molecule has 1 aliphatic carbocycles. The minimum absolute atomic E-state index is 0.316. The topological polar surface area (TPSA) is 45.7 Å². The zero-order valence-electron chi connectivity index (χ0n) is 14.3. The van der Waals surface area contributed by atoms with Crippen molar-refractivity contribution in [1.29, 1.82) is 0 Å². The minimum Gasteiger partial charge on any atom is -0.465 e. The minimum atomic E-state index is -0.316. The molecule has 126 valence electrons. The number of carbonyl (C=O) groups is 1. The zero-order chi connectivity index (χ0) is 16.2. The molecule has 0 atom stereocenters. The highest BCUT2D eigenvalue weighted by Gasteiger charge is 2.25. The first-order valence-electron chi connectivity index (χ1n) is 8.74. The van der Waals surface area contributed by atoms with E-state index in [0.717, 1.165) is 43.7 Å². The van der Waals surface area contributed by atoms with Crippen LogP contribution in [-0.2, 0) is 4.74 Å². The van der Waals surface area contributed by atoms with E-state index in [1.807, 2.05) is 19.1 Å². The number of pyridine rings is 1. The summed E-state index contributed by atoms with van der Waals surface area (Å²) in [4.78, 5) is 21.3. The molecule has 2 heterocycles. The summed E-state index contributed by atoms with van der Waals surface area (Å²) >= 11 is 0. The van der Waals surface area contributed by atoms with Crippen LogP contribution in [-0.4, -0.2) is 55.2 Å². The van der Waals surface area contributed by atoms with Gasteiger partial charge >= 0.3 is 5.97 Å². The lowest BCUT2D eigenvalue weighted by atomic mass is 9.94. The predicted molar refractivity (Wildman–Crippen MR) is 91.0 cm³/mol. The molecule has 2 fully saturated rings. The number of ether oxygens (including phenoxy) is 1. The number of hydrogen-bond donors (Lipinski definition) is 0. The maximum Gasteiger partial charge on any atom is 0.339 e. The Kier molecular flexibility index (Phi) is 5.16. The molecule has 1 aromatic rings. The van der Waals surface area contributed by atoms with Gasteiger partial charge in [-0.05, 0) is 31.9 Å². The molecule has 0 radical (unpaired) electrons. The van der Waals surface area contributed by atoms with E-state index in [9.17, 15) is 4.79 Å². The quantitative estimate of drug-likeness (QED) is 0.802. The molecule has 1 saturated heterocycles. The standard InChI is InChI=1S/C18H27N3O2/c1-14-16(18(22)23-2)8-9-17(19-14)21-12-10-20(11-13-21)15-6-4-3-5-7-15/h8-9,15H,3-7,10-13H2,1-2H3. The van der Waals surface area contributed by atoms with E-state index < -0.39 is 0 Å². The summed E-state index contributed by atoms with van der Waals surface area (Å²) in [6.45, 7) is 6.13. The van der Waals surface area contributed by atoms with Crippen LogP contribution < -0.4 is 4.90 Å². The third kappa shape index (κ3) is 3.66. The van der Waals surface area contributed by atoms with Crippen LogP contribution in [0.15, 0.2) is 12.1 Å². The second kappa shape index (κ2) is 7.30. The van der Waals surface area contributed by atoms with Crippen molar-refractivity contribution in [2.24, 2.45) is 0 Å². The molecule has 3 rings (SSSR count). The highest BCUT2D eigenvalue weighted by molar-refractivity contribution is 5.90. The monoisotopic (exact) mass is 317 g/mol. The van der Waals surface area contributed by atoms with Gasteiger partial charge < -0.3 is 9.64 Å². The molecular weight excluding hydrogens is 290 g/mol. The number of piperazine rings is 1. The Morgan fingerprint density at radius 1 is 1.13 bits per heavy atom. The van der Waals surface area contributed by atoms with Gasteiger partial charge in [-0.25, -0.2) is 9.78 Å². The Hall–Kier alpha value is -1.62. The maximum absolute atomic E-state index is 11.7. The fourth-order valence-electron chi connectivity index (χ4n) is 3.81. The van der Waals surface area contributed by atoms with Crippen LogP contribution in [0.5, 0.6) is 0 Å². The molecule has 5 heteroatoms. The van der Waals surface area contributed by atoms with Gasteiger partial charge in [0, 0.05) is 32.2 Å². The van der Waals surface area contributed by atoms with Gasteiger partial charge in [0.2, 0.25) is 0 Å². The summed E-state index contributed by atoms with van der Waals surface area (Å²) in [7, 11) is 1.40. The van der Waals surface area contributed by atoms with Gasteiger partial charge in [-0.3, -0.25) is 4.90 Å². The first-order chi connectivity index (χ1) is 11.2. The van der Waals surface area contributed by atoms with Crippen LogP contribution >= 0.6 is 0 Å². The largest absolute Gasteiger partial charge is 0.465 e. The molecule has 1 aromatic heterocycles. The van der Waals surface area contributed by atoms with Gasteiger partial charge in [-0.15, -0.1) is 0 Å². The van der Waals surface area contributed by atoms with Crippen LogP contribution in [0.3, 0.4) is 0 Å². The molecule has 23 heavy (non-hydrogen) atoms. The smallest absolute Gasteiger partial charge is 0.339 e. The fraction of sp³-hybridized carbons (Fsp3) is 0.667. The van der Waals surface area contributed by atoms with Gasteiger partial charge in [0.05, 0.1) is 18.4 Å². The molecular formula is C18H27N3O2. The van der Waals surface area contributed by atoms with Crippen molar-refractivity contribution in [3.05, 3.63) is 23.4 Å². The molecule has 0 bridgehead atoms. The van der Waals surface area contributed by atoms with Crippen LogP contribution in [0, 0.1) is 6.92 Å². The fourth-order valence-corrected chi connectivity index (χ4v) is 3.81. The van der Waals surface area contributed by atoms with Crippen molar-refractivity contribution in [1.82, 2.24) is 9.88 Å². The summed E-state index contributed by atoms with van der Waals surface area (Å²) in [5, 5.41) is 0. The van der Waals surface area contributed by atoms with Crippen molar-refractivity contribution in [2.75, 3.05) is 38.2 Å². The van der Waals surface area contributed by atoms with E-state index in [0.29, 0.717) is 5.56 Å². The number of carbonyl (C=O) groups excluding carboxylic acids is 1. The van der Waals surface area contributed by atoms with E-state index in [1.165, 1.54) is 39.2 Å². The van der Waals surface area contributed by atoms with Gasteiger partial charge in [-0.2, -0.15) is 0 Å². The molecule has 1 saturated carbocycles. The summed E-state index contributed by atoms with van der Waals surface area (Å²) in [5.41, 5.74) is 1.29. The molecule has 0 spiro atoms. The van der Waals surface area contributed by atoms with Gasteiger partial charge in [0.25, 0.3) is 0 Å². The Balaban J connectivity index is 1.61. The normalized spacial score (nSPS) is 20.5. The number of anilines is 1. The number of rotatable bonds is 3. The van der Waals surface area contributed by atoms with Crippen LogP contribution in [0.25, 0.3) is 0 Å². The van der Waals surface area contributed by atoms with E-state index in [2.05, 4.69) is 14.8 Å². The van der Waals surface area contributed by atoms with Gasteiger partial charge in [0.15, 0.2) is 0 Å². The van der Waals surface area contributed by atoms with Crippen molar-refractivity contribution in [3.63, 3.8) is 0 Å². The third-order valence-electron chi connectivity index (χ3n) is 5.21. The molecule has 2 aliphatic rings. The summed E-state index contributed by atoms with van der Waals surface area (Å²) < 4.78 is 4.78. The number of methoxy groups -OCH3 is 1. The first-order valence-corrected chi connectivity index (χ1v) is 8.74. The second-order valence-corrected chi connectivity index (χ2v) is 6.61. The van der Waals surface area contributed by atoms with Crippen LogP contribution in [0.4, 0.5) is 5.82 Å². The van der Waals surface area contributed by atoms with E-state index in [1.54, 1.807) is 0 Å². The van der Waals surface area contributed by atoms with Crippen LogP contribution in [0.1, 0.15) is 48.2 Å². The van der Waals surface area contributed by atoms with Crippen molar-refractivity contribution in [3.8, 4) is 0 Å². The number of nitrogens with zero attached hydrogens (tertiary/aromatic N) is 3. The molecule has 0 N–H and O–H groups in total. The maximum atomic E-state index is 11.7. The Morgan fingerprint density at radius 2 is 1.83 bits per heavy atom. The highest BCUT2D eigenvalue weighted by atomic mass is 16.5. The highest BCUT2D eigenvalue weighted by Crippen LogP contribution is 2.24. The Bertz CT molecular complexity index is 547. The zero-order valence-corrected chi connectivity index (χ0v) is 14.3. The summed E-state index contributed by atoms with van der Waals surface area (Å²) in [6, 6.07) is 4.56.